The third-order valence-electron chi connectivity index (χ3n) is 10.3. The van der Waals surface area contributed by atoms with Crippen molar-refractivity contribution in [2.45, 2.75) is 0 Å². The van der Waals surface area contributed by atoms with Crippen molar-refractivity contribution in [3.05, 3.63) is 182 Å². The van der Waals surface area contributed by atoms with Gasteiger partial charge >= 0.3 is 0 Å². The number of rotatable bonds is 6. The second-order valence-corrected chi connectivity index (χ2v) is 13.5. The van der Waals surface area contributed by atoms with Gasteiger partial charge in [0.05, 0.1) is 5.69 Å². The number of furan rings is 2. The molecule has 0 radical (unpaired) electrons. The molecule has 254 valence electrons. The molecular weight excluding hydrogens is 665 g/mol. The lowest BCUT2D eigenvalue weighted by molar-refractivity contribution is 0.620. The Morgan fingerprint density at radius 1 is 0.389 bits per heavy atom. The standard InChI is InChI=1S/C49H30N2O3/c1-3-12-31(13-4-1)32-24-26-34(27-25-32)51(41-20-9-19-39-36-16-7-8-21-42(36)53-48(39)41)35-28-29-43-40(30-35)46-37(17-10-22-44(46)52-43)38-18-11-23-45-47(38)50-49(54-45)33-14-5-2-6-15-33/h1-30H. The number of para-hydroxylation sites is 3. The van der Waals surface area contributed by atoms with E-state index in [9.17, 15) is 0 Å². The van der Waals surface area contributed by atoms with Crippen LogP contribution in [0.2, 0.25) is 0 Å². The van der Waals surface area contributed by atoms with Crippen molar-refractivity contribution in [1.29, 1.82) is 0 Å². The van der Waals surface area contributed by atoms with E-state index in [1.54, 1.807) is 0 Å². The van der Waals surface area contributed by atoms with E-state index < -0.39 is 0 Å². The second-order valence-electron chi connectivity index (χ2n) is 13.5. The summed E-state index contributed by atoms with van der Waals surface area (Å²) in [6.07, 6.45) is 0. The molecule has 0 N–H and O–H groups in total. The Hall–Kier alpha value is -7.37. The normalized spacial score (nSPS) is 11.7. The fourth-order valence-corrected chi connectivity index (χ4v) is 7.82. The number of hydrogen-bond acceptors (Lipinski definition) is 5. The zero-order valence-corrected chi connectivity index (χ0v) is 28.9. The van der Waals surface area contributed by atoms with Gasteiger partial charge in [-0.05, 0) is 83.4 Å². The van der Waals surface area contributed by atoms with Crippen LogP contribution in [0.4, 0.5) is 17.1 Å². The number of fused-ring (bicyclic) bond motifs is 7. The first-order chi connectivity index (χ1) is 26.8. The van der Waals surface area contributed by atoms with E-state index in [0.717, 1.165) is 94.3 Å². The lowest BCUT2D eigenvalue weighted by Crippen LogP contribution is -2.10. The van der Waals surface area contributed by atoms with Gasteiger partial charge in [-0.15, -0.1) is 0 Å². The first-order valence-corrected chi connectivity index (χ1v) is 18.0. The fraction of sp³-hybridized carbons (Fsp3) is 0. The van der Waals surface area contributed by atoms with Crippen LogP contribution >= 0.6 is 0 Å². The molecule has 5 heteroatoms. The summed E-state index contributed by atoms with van der Waals surface area (Å²) < 4.78 is 19.4. The minimum absolute atomic E-state index is 0.596. The van der Waals surface area contributed by atoms with Gasteiger partial charge in [0.1, 0.15) is 22.3 Å². The van der Waals surface area contributed by atoms with Crippen molar-refractivity contribution in [2.24, 2.45) is 0 Å². The monoisotopic (exact) mass is 694 g/mol. The Morgan fingerprint density at radius 3 is 1.85 bits per heavy atom. The summed E-state index contributed by atoms with van der Waals surface area (Å²) in [7, 11) is 0. The highest BCUT2D eigenvalue weighted by Gasteiger charge is 2.22. The SMILES string of the molecule is c1ccc(-c2ccc(N(c3ccc4oc5cccc(-c6cccc7oc(-c8ccccc8)nc67)c5c4c3)c3cccc4c3oc3ccccc34)cc2)cc1. The third kappa shape index (κ3) is 4.83. The molecule has 0 unspecified atom stereocenters. The Kier molecular flexibility index (Phi) is 6.79. The molecule has 11 rings (SSSR count). The average molecular weight is 695 g/mol. The number of aromatic nitrogens is 1. The molecule has 54 heavy (non-hydrogen) atoms. The van der Waals surface area contributed by atoms with Crippen molar-refractivity contribution >= 4 is 72.0 Å². The Bertz CT molecular complexity index is 3160. The van der Waals surface area contributed by atoms with Gasteiger partial charge in [0, 0.05) is 44.0 Å². The van der Waals surface area contributed by atoms with Crippen LogP contribution in [0, 0.1) is 0 Å². The fourth-order valence-electron chi connectivity index (χ4n) is 7.82. The molecule has 0 spiro atoms. The van der Waals surface area contributed by atoms with Crippen LogP contribution in [0.1, 0.15) is 0 Å². The molecule has 0 aliphatic rings. The van der Waals surface area contributed by atoms with Gasteiger partial charge in [0.15, 0.2) is 11.2 Å². The first-order valence-electron chi connectivity index (χ1n) is 18.0. The molecule has 3 aromatic heterocycles. The van der Waals surface area contributed by atoms with E-state index in [4.69, 9.17) is 18.2 Å². The maximum absolute atomic E-state index is 6.62. The predicted molar refractivity (Wildman–Crippen MR) is 220 cm³/mol. The summed E-state index contributed by atoms with van der Waals surface area (Å²) in [4.78, 5) is 7.30. The summed E-state index contributed by atoms with van der Waals surface area (Å²) in [6, 6.07) is 62.6. The minimum atomic E-state index is 0.596. The molecule has 5 nitrogen and oxygen atoms in total. The summed E-state index contributed by atoms with van der Waals surface area (Å²) in [5, 5.41) is 4.19. The van der Waals surface area contributed by atoms with E-state index >= 15 is 0 Å². The van der Waals surface area contributed by atoms with Crippen molar-refractivity contribution in [3.8, 4) is 33.7 Å². The van der Waals surface area contributed by atoms with Gasteiger partial charge in [-0.25, -0.2) is 4.98 Å². The Morgan fingerprint density at radius 2 is 1.02 bits per heavy atom. The van der Waals surface area contributed by atoms with Crippen molar-refractivity contribution < 1.29 is 13.3 Å². The van der Waals surface area contributed by atoms with E-state index in [-0.39, 0.29) is 0 Å². The van der Waals surface area contributed by atoms with Gasteiger partial charge in [-0.2, -0.15) is 0 Å². The molecule has 3 heterocycles. The number of hydrogen-bond donors (Lipinski definition) is 0. The molecule has 0 atom stereocenters. The second kappa shape index (κ2) is 12.1. The maximum atomic E-state index is 6.62. The van der Waals surface area contributed by atoms with Gasteiger partial charge in [-0.1, -0.05) is 115 Å². The van der Waals surface area contributed by atoms with Crippen LogP contribution in [0.3, 0.4) is 0 Å². The van der Waals surface area contributed by atoms with Crippen LogP contribution in [-0.4, -0.2) is 4.98 Å². The van der Waals surface area contributed by atoms with E-state index in [0.29, 0.717) is 5.89 Å². The molecule has 0 aliphatic carbocycles. The third-order valence-corrected chi connectivity index (χ3v) is 10.3. The highest BCUT2D eigenvalue weighted by molar-refractivity contribution is 6.16. The number of benzene rings is 8. The van der Waals surface area contributed by atoms with E-state index in [1.165, 1.54) is 5.56 Å². The molecule has 8 aromatic carbocycles. The van der Waals surface area contributed by atoms with Crippen LogP contribution < -0.4 is 4.90 Å². The zero-order valence-electron chi connectivity index (χ0n) is 28.9. The van der Waals surface area contributed by atoms with Gasteiger partial charge < -0.3 is 18.2 Å². The van der Waals surface area contributed by atoms with Crippen LogP contribution in [-0.2, 0) is 0 Å². The predicted octanol–water partition coefficient (Wildman–Crippen LogP) is 14.1. The van der Waals surface area contributed by atoms with Crippen LogP contribution in [0.15, 0.2) is 195 Å². The van der Waals surface area contributed by atoms with Crippen molar-refractivity contribution in [2.75, 3.05) is 4.90 Å². The van der Waals surface area contributed by atoms with Crippen molar-refractivity contribution in [1.82, 2.24) is 4.98 Å². The topological polar surface area (TPSA) is 55.6 Å². The largest absolute Gasteiger partial charge is 0.456 e. The maximum Gasteiger partial charge on any atom is 0.227 e. The summed E-state index contributed by atoms with van der Waals surface area (Å²) in [5.41, 5.74) is 13.1. The smallest absolute Gasteiger partial charge is 0.227 e. The molecule has 0 saturated carbocycles. The quantitative estimate of drug-likeness (QED) is 0.173. The molecule has 0 bridgehead atoms. The van der Waals surface area contributed by atoms with Crippen LogP contribution in [0.25, 0.3) is 88.7 Å². The summed E-state index contributed by atoms with van der Waals surface area (Å²) in [6.45, 7) is 0. The number of anilines is 3. The summed E-state index contributed by atoms with van der Waals surface area (Å²) in [5.74, 6) is 0.596. The van der Waals surface area contributed by atoms with Gasteiger partial charge in [0.25, 0.3) is 0 Å². The van der Waals surface area contributed by atoms with Crippen LogP contribution in [0.5, 0.6) is 0 Å². The minimum Gasteiger partial charge on any atom is -0.456 e. The number of nitrogens with zero attached hydrogens (tertiary/aromatic N) is 2. The van der Waals surface area contributed by atoms with E-state index in [2.05, 4.69) is 114 Å². The Labute approximate surface area is 309 Å². The number of oxazole rings is 1. The van der Waals surface area contributed by atoms with Gasteiger partial charge in [0.2, 0.25) is 5.89 Å². The molecule has 11 aromatic rings. The van der Waals surface area contributed by atoms with Crippen molar-refractivity contribution in [3.63, 3.8) is 0 Å². The lowest BCUT2D eigenvalue weighted by atomic mass is 9.98. The lowest BCUT2D eigenvalue weighted by Gasteiger charge is -2.26. The molecule has 0 fully saturated rings. The molecule has 0 amide bonds. The Balaban J connectivity index is 1.12. The molecule has 0 saturated heterocycles. The average Bonchev–Trinajstić information content (AvgIpc) is 3.96. The first kappa shape index (κ1) is 30.3. The highest BCUT2D eigenvalue weighted by atomic mass is 16.3. The molecule has 0 aliphatic heterocycles. The zero-order chi connectivity index (χ0) is 35.6. The molecular formula is C49H30N2O3. The van der Waals surface area contributed by atoms with E-state index in [1.807, 2.05) is 72.8 Å². The highest BCUT2D eigenvalue weighted by Crippen LogP contribution is 2.46. The van der Waals surface area contributed by atoms with Gasteiger partial charge in [-0.3, -0.25) is 0 Å². The summed E-state index contributed by atoms with van der Waals surface area (Å²) >= 11 is 0.